The molecule has 7 nitrogen and oxygen atoms in total. The van der Waals surface area contributed by atoms with Crippen molar-refractivity contribution in [3.8, 4) is 5.75 Å². The second-order valence-corrected chi connectivity index (χ2v) is 5.08. The van der Waals surface area contributed by atoms with Crippen molar-refractivity contribution < 1.29 is 34.8 Å². The van der Waals surface area contributed by atoms with Gasteiger partial charge in [0.25, 0.3) is 0 Å². The molecular weight excluding hydrogens is 304 g/mol. The average molecular weight is 320 g/mol. The number of carbonyl (C=O) groups is 2. The van der Waals surface area contributed by atoms with E-state index < -0.39 is 30.3 Å². The quantitative estimate of drug-likeness (QED) is 0.469. The summed E-state index contributed by atoms with van der Waals surface area (Å²) >= 11 is 0. The molecule has 0 radical (unpaired) electrons. The highest BCUT2D eigenvalue weighted by Crippen LogP contribution is 2.22. The number of carboxylic acid groups (broad SMARTS) is 1. The van der Waals surface area contributed by atoms with Gasteiger partial charge in [-0.2, -0.15) is 0 Å². The highest BCUT2D eigenvalue weighted by Gasteiger charge is 2.35. The number of ether oxygens (including phenoxy) is 1. The van der Waals surface area contributed by atoms with Crippen molar-refractivity contribution in [1.82, 2.24) is 0 Å². The summed E-state index contributed by atoms with van der Waals surface area (Å²) in [5, 5.41) is 37.5. The van der Waals surface area contributed by atoms with Gasteiger partial charge >= 0.3 is 11.9 Å². The molecule has 3 atom stereocenters. The number of hydrogen-bond donors (Lipinski definition) is 4. The van der Waals surface area contributed by atoms with Gasteiger partial charge in [-0.3, -0.25) is 0 Å². The summed E-state index contributed by atoms with van der Waals surface area (Å²) < 4.78 is 5.01. The molecule has 0 aliphatic heterocycles. The maximum Gasteiger partial charge on any atom is 0.331 e. The van der Waals surface area contributed by atoms with Gasteiger partial charge < -0.3 is 25.2 Å². The van der Waals surface area contributed by atoms with Crippen LogP contribution in [0.4, 0.5) is 0 Å². The largest absolute Gasteiger partial charge is 0.508 e. The van der Waals surface area contributed by atoms with E-state index in [1.165, 1.54) is 18.2 Å². The fourth-order valence-corrected chi connectivity index (χ4v) is 2.14. The van der Waals surface area contributed by atoms with Crippen LogP contribution in [0.2, 0.25) is 0 Å². The van der Waals surface area contributed by atoms with E-state index in [2.05, 4.69) is 0 Å². The molecule has 0 bridgehead atoms. The zero-order valence-electron chi connectivity index (χ0n) is 12.0. The second-order valence-electron chi connectivity index (χ2n) is 5.08. The van der Waals surface area contributed by atoms with E-state index >= 15 is 0 Å². The van der Waals surface area contributed by atoms with Crippen molar-refractivity contribution in [3.63, 3.8) is 0 Å². The molecule has 4 N–H and O–H groups in total. The predicted octanol–water partition coefficient (Wildman–Crippen LogP) is 0.454. The molecule has 0 saturated heterocycles. The minimum absolute atomic E-state index is 0.0945. The first-order valence-corrected chi connectivity index (χ1v) is 6.84. The Morgan fingerprint density at radius 2 is 1.83 bits per heavy atom. The maximum absolute atomic E-state index is 11.8. The molecule has 0 fully saturated rings. The molecule has 1 aromatic rings. The summed E-state index contributed by atoms with van der Waals surface area (Å²) in [6.07, 6.45) is -0.530. The minimum Gasteiger partial charge on any atom is -0.508 e. The molecule has 2 rings (SSSR count). The van der Waals surface area contributed by atoms with Crippen LogP contribution in [0.1, 0.15) is 12.0 Å². The summed E-state index contributed by atoms with van der Waals surface area (Å²) in [4.78, 5) is 22.7. The molecule has 1 aliphatic carbocycles. The lowest BCUT2D eigenvalue weighted by atomic mass is 9.92. The summed E-state index contributed by atoms with van der Waals surface area (Å²) in [5.41, 5.74) is 0.526. The van der Waals surface area contributed by atoms with Crippen molar-refractivity contribution in [1.29, 1.82) is 0 Å². The molecule has 0 unspecified atom stereocenters. The number of rotatable bonds is 4. The lowest BCUT2D eigenvalue weighted by Crippen LogP contribution is -2.43. The van der Waals surface area contributed by atoms with Crippen molar-refractivity contribution in [2.24, 2.45) is 0 Å². The number of aliphatic carboxylic acids is 1. The van der Waals surface area contributed by atoms with Crippen LogP contribution in [-0.2, 0) is 14.3 Å². The summed E-state index contributed by atoms with van der Waals surface area (Å²) in [6, 6.07) is 6.08. The number of esters is 1. The van der Waals surface area contributed by atoms with E-state index in [9.17, 15) is 19.8 Å². The summed E-state index contributed by atoms with van der Waals surface area (Å²) in [5.74, 6) is -1.92. The lowest BCUT2D eigenvalue weighted by Gasteiger charge is -2.29. The first kappa shape index (κ1) is 16.7. The number of benzene rings is 1. The Kier molecular flexibility index (Phi) is 5.15. The molecule has 0 aromatic heterocycles. The third-order valence-corrected chi connectivity index (χ3v) is 3.37. The first-order valence-electron chi connectivity index (χ1n) is 6.84. The number of aliphatic hydroxyl groups excluding tert-OH is 2. The van der Waals surface area contributed by atoms with E-state index in [1.807, 2.05) is 0 Å². The number of aromatic hydroxyl groups is 1. The van der Waals surface area contributed by atoms with Gasteiger partial charge in [-0.05, 0) is 29.8 Å². The van der Waals surface area contributed by atoms with Gasteiger partial charge in [0.15, 0.2) is 0 Å². The predicted molar refractivity (Wildman–Crippen MR) is 79.4 cm³/mol. The zero-order chi connectivity index (χ0) is 17.0. The van der Waals surface area contributed by atoms with Crippen LogP contribution in [0.25, 0.3) is 6.08 Å². The monoisotopic (exact) mass is 320 g/mol. The normalized spacial score (nSPS) is 24.3. The van der Waals surface area contributed by atoms with Crippen molar-refractivity contribution in [2.45, 2.75) is 24.7 Å². The molecule has 0 saturated carbocycles. The fraction of sp³-hybridized carbons (Fsp3) is 0.250. The van der Waals surface area contributed by atoms with Gasteiger partial charge in [-0.25, -0.2) is 9.59 Å². The van der Waals surface area contributed by atoms with Gasteiger partial charge in [0.1, 0.15) is 24.1 Å². The van der Waals surface area contributed by atoms with Crippen LogP contribution < -0.4 is 0 Å². The van der Waals surface area contributed by atoms with Gasteiger partial charge in [0.05, 0.1) is 0 Å². The Hall–Kier alpha value is -2.64. The van der Waals surface area contributed by atoms with E-state index in [4.69, 9.17) is 14.9 Å². The van der Waals surface area contributed by atoms with Gasteiger partial charge in [-0.15, -0.1) is 0 Å². The second kappa shape index (κ2) is 7.08. The number of phenolic OH excluding ortho intramolecular Hbond substituents is 1. The van der Waals surface area contributed by atoms with Crippen molar-refractivity contribution in [2.75, 3.05) is 0 Å². The molecule has 23 heavy (non-hydrogen) atoms. The molecule has 0 heterocycles. The number of phenols is 1. The maximum atomic E-state index is 11.8. The van der Waals surface area contributed by atoms with E-state index in [-0.39, 0.29) is 17.7 Å². The van der Waals surface area contributed by atoms with Crippen LogP contribution in [-0.4, -0.2) is 50.7 Å². The van der Waals surface area contributed by atoms with Crippen LogP contribution in [0, 0.1) is 0 Å². The molecule has 0 spiro atoms. The third-order valence-electron chi connectivity index (χ3n) is 3.37. The minimum atomic E-state index is -1.41. The first-order chi connectivity index (χ1) is 10.9. The van der Waals surface area contributed by atoms with Gasteiger partial charge in [-0.1, -0.05) is 12.1 Å². The molecule has 0 amide bonds. The zero-order valence-corrected chi connectivity index (χ0v) is 12.0. The van der Waals surface area contributed by atoms with E-state index in [1.54, 1.807) is 12.1 Å². The third kappa shape index (κ3) is 4.41. The fourth-order valence-electron chi connectivity index (χ4n) is 2.14. The number of carbonyl (C=O) groups excluding carboxylic acids is 1. The Labute approximate surface area is 131 Å². The number of aliphatic hydroxyl groups is 2. The van der Waals surface area contributed by atoms with Gasteiger partial charge in [0.2, 0.25) is 0 Å². The van der Waals surface area contributed by atoms with Crippen LogP contribution in [0.3, 0.4) is 0 Å². The summed E-state index contributed by atoms with van der Waals surface area (Å²) in [7, 11) is 0. The average Bonchev–Trinajstić information content (AvgIpc) is 2.51. The van der Waals surface area contributed by atoms with Gasteiger partial charge in [0, 0.05) is 18.1 Å². The van der Waals surface area contributed by atoms with Crippen LogP contribution in [0.15, 0.2) is 42.0 Å². The molecule has 122 valence electrons. The van der Waals surface area contributed by atoms with Crippen LogP contribution >= 0.6 is 0 Å². The molecule has 1 aromatic carbocycles. The number of carboxylic acids is 1. The van der Waals surface area contributed by atoms with Crippen molar-refractivity contribution >= 4 is 18.0 Å². The Morgan fingerprint density at radius 3 is 2.43 bits per heavy atom. The lowest BCUT2D eigenvalue weighted by molar-refractivity contribution is -0.154. The smallest absolute Gasteiger partial charge is 0.331 e. The highest BCUT2D eigenvalue weighted by atomic mass is 16.6. The van der Waals surface area contributed by atoms with Crippen LogP contribution in [0.5, 0.6) is 5.75 Å². The Balaban J connectivity index is 2.00. The highest BCUT2D eigenvalue weighted by molar-refractivity contribution is 5.88. The SMILES string of the molecule is O=C(C=Cc1ccc(O)cc1)O[C@@H]1CC(C(=O)O)=C[C@@H](O)[C@H]1O. The standard InChI is InChI=1S/C16H16O7/c17-11-4-1-9(2-5-11)3-6-14(19)23-13-8-10(16(21)22)7-12(18)15(13)20/h1-7,12-13,15,17-18,20H,8H2,(H,21,22)/t12-,13-,15-/m1/s1. The summed E-state index contributed by atoms with van der Waals surface area (Å²) in [6.45, 7) is 0. The van der Waals surface area contributed by atoms with E-state index in [0.29, 0.717) is 5.56 Å². The van der Waals surface area contributed by atoms with Crippen molar-refractivity contribution in [3.05, 3.63) is 47.6 Å². The van der Waals surface area contributed by atoms with E-state index in [0.717, 1.165) is 12.2 Å². The Bertz CT molecular complexity index is 645. The topological polar surface area (TPSA) is 124 Å². The molecule has 7 heteroatoms. The molecular formula is C16H16O7. The molecule has 1 aliphatic rings. The Morgan fingerprint density at radius 1 is 1.17 bits per heavy atom. The number of hydrogen-bond acceptors (Lipinski definition) is 6.